The normalized spacial score (nSPS) is 10.1. The summed E-state index contributed by atoms with van der Waals surface area (Å²) in [5.41, 5.74) is 2.00. The molecule has 3 heteroatoms. The van der Waals surface area contributed by atoms with E-state index in [1.807, 2.05) is 66.3 Å². The minimum Gasteiger partial charge on any atom is -0.326 e. The van der Waals surface area contributed by atoms with Crippen molar-refractivity contribution in [2.75, 3.05) is 5.32 Å². The average Bonchev–Trinajstić information content (AvgIpc) is 2.39. The quantitative estimate of drug-likeness (QED) is 0.817. The summed E-state index contributed by atoms with van der Waals surface area (Å²) < 4.78 is 2.04. The molecular formula is C15H17N2O+. The molecule has 18 heavy (non-hydrogen) atoms. The van der Waals surface area contributed by atoms with Gasteiger partial charge in [-0.15, -0.1) is 0 Å². The lowest BCUT2D eigenvalue weighted by atomic mass is 10.2. The van der Waals surface area contributed by atoms with E-state index in [9.17, 15) is 4.79 Å². The number of carbonyl (C=O) groups is 1. The Bertz CT molecular complexity index is 523. The largest absolute Gasteiger partial charge is 0.326 e. The highest BCUT2D eigenvalue weighted by Gasteiger charge is 2.08. The lowest BCUT2D eigenvalue weighted by Crippen LogP contribution is -2.33. The number of anilines is 1. The summed E-state index contributed by atoms with van der Waals surface area (Å²) in [6.45, 7) is 0. The van der Waals surface area contributed by atoms with E-state index in [1.165, 1.54) is 0 Å². The minimum absolute atomic E-state index is 0.0463. The smallest absolute Gasteiger partial charge is 0.224 e. The number of carbonyl (C=O) groups excluding carboxylic acids is 1. The van der Waals surface area contributed by atoms with E-state index < -0.39 is 0 Å². The lowest BCUT2D eigenvalue weighted by molar-refractivity contribution is -0.679. The fourth-order valence-corrected chi connectivity index (χ4v) is 1.80. The molecule has 2 aromatic rings. The molecule has 1 N–H and O–H groups in total. The predicted molar refractivity (Wildman–Crippen MR) is 71.0 cm³/mol. The zero-order valence-electron chi connectivity index (χ0n) is 10.5. The van der Waals surface area contributed by atoms with Gasteiger partial charge in [0.05, 0.1) is 0 Å². The van der Waals surface area contributed by atoms with Gasteiger partial charge in [0.1, 0.15) is 7.05 Å². The van der Waals surface area contributed by atoms with Crippen LogP contribution in [0.4, 0.5) is 5.69 Å². The van der Waals surface area contributed by atoms with Crippen LogP contribution in [-0.4, -0.2) is 5.91 Å². The van der Waals surface area contributed by atoms with Crippen LogP contribution in [0.1, 0.15) is 12.1 Å². The third kappa shape index (κ3) is 3.42. The van der Waals surface area contributed by atoms with Crippen molar-refractivity contribution in [2.45, 2.75) is 12.8 Å². The maximum Gasteiger partial charge on any atom is 0.224 e. The van der Waals surface area contributed by atoms with Crippen LogP contribution in [0.5, 0.6) is 0 Å². The van der Waals surface area contributed by atoms with Crippen LogP contribution in [0.3, 0.4) is 0 Å². The number of hydrogen-bond donors (Lipinski definition) is 1. The molecule has 1 heterocycles. The second-order valence-corrected chi connectivity index (χ2v) is 4.22. The maximum absolute atomic E-state index is 11.8. The van der Waals surface area contributed by atoms with Crippen molar-refractivity contribution in [3.05, 3.63) is 60.4 Å². The van der Waals surface area contributed by atoms with E-state index in [-0.39, 0.29) is 5.91 Å². The second kappa shape index (κ2) is 5.96. The molecule has 0 radical (unpaired) electrons. The first kappa shape index (κ1) is 12.3. The van der Waals surface area contributed by atoms with Gasteiger partial charge in [0.2, 0.25) is 5.91 Å². The van der Waals surface area contributed by atoms with Gasteiger partial charge >= 0.3 is 0 Å². The third-order valence-electron chi connectivity index (χ3n) is 2.83. The first-order valence-electron chi connectivity index (χ1n) is 6.04. The fraction of sp³-hybridized carbons (Fsp3) is 0.200. The topological polar surface area (TPSA) is 33.0 Å². The molecule has 3 nitrogen and oxygen atoms in total. The Morgan fingerprint density at radius 1 is 1.11 bits per heavy atom. The van der Waals surface area contributed by atoms with E-state index in [2.05, 4.69) is 5.32 Å². The summed E-state index contributed by atoms with van der Waals surface area (Å²) in [5, 5.41) is 2.88. The van der Waals surface area contributed by atoms with Gasteiger partial charge in [-0.05, 0) is 12.1 Å². The van der Waals surface area contributed by atoms with Gasteiger partial charge in [-0.1, -0.05) is 24.3 Å². The number of nitrogens with one attached hydrogen (secondary N) is 1. The standard InChI is InChI=1S/C15H16N2O/c1-17-12-6-5-9-14(17)10-11-15(18)16-13-7-3-2-4-8-13/h2-9,12H,10-11H2,1H3/p+1. The predicted octanol–water partition coefficient (Wildman–Crippen LogP) is 2.08. The van der Waals surface area contributed by atoms with Crippen LogP contribution in [0.15, 0.2) is 54.7 Å². The molecule has 0 atom stereocenters. The second-order valence-electron chi connectivity index (χ2n) is 4.22. The number of nitrogens with zero attached hydrogens (tertiary/aromatic N) is 1. The summed E-state index contributed by atoms with van der Waals surface area (Å²) >= 11 is 0. The molecule has 0 saturated carbocycles. The summed E-state index contributed by atoms with van der Waals surface area (Å²) in [6.07, 6.45) is 3.23. The Balaban J connectivity index is 1.88. The Kier molecular flexibility index (Phi) is 4.07. The number of pyridine rings is 1. The zero-order chi connectivity index (χ0) is 12.8. The summed E-state index contributed by atoms with van der Waals surface area (Å²) in [7, 11) is 1.99. The van der Waals surface area contributed by atoms with Gasteiger partial charge in [0.25, 0.3) is 0 Å². The first-order valence-corrected chi connectivity index (χ1v) is 6.04. The number of aromatic nitrogens is 1. The fourth-order valence-electron chi connectivity index (χ4n) is 1.80. The van der Waals surface area contributed by atoms with Gasteiger partial charge in [0.15, 0.2) is 11.9 Å². The van der Waals surface area contributed by atoms with Gasteiger partial charge in [-0.25, -0.2) is 4.57 Å². The van der Waals surface area contributed by atoms with Crippen LogP contribution < -0.4 is 9.88 Å². The van der Waals surface area contributed by atoms with Crippen molar-refractivity contribution in [1.82, 2.24) is 0 Å². The van der Waals surface area contributed by atoms with Crippen molar-refractivity contribution >= 4 is 11.6 Å². The highest BCUT2D eigenvalue weighted by atomic mass is 16.1. The number of rotatable bonds is 4. The van der Waals surface area contributed by atoms with Crippen molar-refractivity contribution in [1.29, 1.82) is 0 Å². The number of benzene rings is 1. The summed E-state index contributed by atoms with van der Waals surface area (Å²) in [4.78, 5) is 11.8. The van der Waals surface area contributed by atoms with Gasteiger partial charge in [-0.3, -0.25) is 4.79 Å². The molecule has 0 aliphatic heterocycles. The van der Waals surface area contributed by atoms with Gasteiger partial charge < -0.3 is 5.32 Å². The molecule has 0 aliphatic carbocycles. The number of para-hydroxylation sites is 1. The van der Waals surface area contributed by atoms with E-state index in [0.29, 0.717) is 6.42 Å². The van der Waals surface area contributed by atoms with Crippen molar-refractivity contribution < 1.29 is 9.36 Å². The van der Waals surface area contributed by atoms with Crippen LogP contribution in [-0.2, 0) is 18.3 Å². The molecule has 1 aromatic carbocycles. The van der Waals surface area contributed by atoms with E-state index in [4.69, 9.17) is 0 Å². The van der Waals surface area contributed by atoms with Crippen LogP contribution >= 0.6 is 0 Å². The summed E-state index contributed by atoms with van der Waals surface area (Å²) in [6, 6.07) is 15.5. The molecule has 1 amide bonds. The highest BCUT2D eigenvalue weighted by Crippen LogP contribution is 2.06. The maximum atomic E-state index is 11.8. The van der Waals surface area contributed by atoms with Crippen LogP contribution in [0, 0.1) is 0 Å². The number of amides is 1. The Morgan fingerprint density at radius 2 is 1.83 bits per heavy atom. The van der Waals surface area contributed by atoms with E-state index in [0.717, 1.165) is 17.8 Å². The molecule has 0 saturated heterocycles. The molecule has 2 rings (SSSR count). The lowest BCUT2D eigenvalue weighted by Gasteiger charge is -2.04. The number of hydrogen-bond acceptors (Lipinski definition) is 1. The summed E-state index contributed by atoms with van der Waals surface area (Å²) in [5.74, 6) is 0.0463. The molecule has 92 valence electrons. The third-order valence-corrected chi connectivity index (χ3v) is 2.83. The minimum atomic E-state index is 0.0463. The molecule has 0 fully saturated rings. The van der Waals surface area contributed by atoms with Crippen molar-refractivity contribution in [2.24, 2.45) is 7.05 Å². The monoisotopic (exact) mass is 241 g/mol. The van der Waals surface area contributed by atoms with Gasteiger partial charge in [-0.2, -0.15) is 0 Å². The molecule has 0 spiro atoms. The van der Waals surface area contributed by atoms with E-state index >= 15 is 0 Å². The van der Waals surface area contributed by atoms with E-state index in [1.54, 1.807) is 0 Å². The highest BCUT2D eigenvalue weighted by molar-refractivity contribution is 5.90. The SMILES string of the molecule is C[n+]1ccccc1CCC(=O)Nc1ccccc1. The molecule has 0 unspecified atom stereocenters. The Labute approximate surface area is 107 Å². The molecule has 0 aliphatic rings. The van der Waals surface area contributed by atoms with Crippen LogP contribution in [0.25, 0.3) is 0 Å². The Hall–Kier alpha value is -2.16. The Morgan fingerprint density at radius 3 is 2.56 bits per heavy atom. The molecular weight excluding hydrogens is 224 g/mol. The van der Waals surface area contributed by atoms with Crippen LogP contribution in [0.2, 0.25) is 0 Å². The van der Waals surface area contributed by atoms with Crippen molar-refractivity contribution in [3.63, 3.8) is 0 Å². The number of aryl methyl sites for hydroxylation is 2. The molecule has 0 bridgehead atoms. The first-order chi connectivity index (χ1) is 8.75. The van der Waals surface area contributed by atoms with Crippen molar-refractivity contribution in [3.8, 4) is 0 Å². The average molecular weight is 241 g/mol. The van der Waals surface area contributed by atoms with Gasteiger partial charge in [0, 0.05) is 30.7 Å². The zero-order valence-corrected chi connectivity index (χ0v) is 10.5. The molecule has 1 aromatic heterocycles.